The molecule has 0 saturated carbocycles. The van der Waals surface area contributed by atoms with Crippen molar-refractivity contribution in [3.8, 4) is 17.2 Å². The molecular weight excluding hydrogens is 308 g/mol. The molecule has 0 saturated heterocycles. The van der Waals surface area contributed by atoms with Crippen molar-refractivity contribution in [2.45, 2.75) is 13.1 Å². The zero-order valence-corrected chi connectivity index (χ0v) is 14.1. The molecule has 0 aliphatic carbocycles. The molecule has 0 bridgehead atoms. The largest absolute Gasteiger partial charge is 0.497 e. The first-order chi connectivity index (χ1) is 11.6. The van der Waals surface area contributed by atoms with Crippen LogP contribution in [0.5, 0.6) is 17.2 Å². The highest BCUT2D eigenvalue weighted by atomic mass is 16.5. The predicted molar refractivity (Wildman–Crippen MR) is 88.8 cm³/mol. The second-order valence-corrected chi connectivity index (χ2v) is 5.43. The Morgan fingerprint density at radius 2 is 1.58 bits per heavy atom. The third-order valence-corrected chi connectivity index (χ3v) is 4.14. The van der Waals surface area contributed by atoms with Gasteiger partial charge in [-0.1, -0.05) is 12.1 Å². The summed E-state index contributed by atoms with van der Waals surface area (Å²) in [7, 11) is 4.78. The van der Waals surface area contributed by atoms with Crippen molar-refractivity contribution in [3.05, 3.63) is 52.5 Å². The van der Waals surface area contributed by atoms with Gasteiger partial charge in [-0.3, -0.25) is 10.2 Å². The molecule has 24 heavy (non-hydrogen) atoms. The van der Waals surface area contributed by atoms with Crippen LogP contribution in [0.25, 0.3) is 5.70 Å². The van der Waals surface area contributed by atoms with Gasteiger partial charge in [0.05, 0.1) is 32.4 Å². The van der Waals surface area contributed by atoms with Gasteiger partial charge in [-0.2, -0.15) is 0 Å². The topological polar surface area (TPSA) is 63.5 Å². The third kappa shape index (κ3) is 2.65. The molecule has 1 N–H and O–H groups in total. The quantitative estimate of drug-likeness (QED) is 0.928. The van der Waals surface area contributed by atoms with E-state index in [1.807, 2.05) is 43.3 Å². The standard InChI is InChI=1S/C18H20N2O4/c1-11-14-9-16(23-3)17(24-4)10-15(14)19-18(20(11)21)12-5-7-13(22-2)8-6-12/h5-10,18,21H,1-4H3. The molecule has 2 aromatic carbocycles. The minimum Gasteiger partial charge on any atom is -0.497 e. The minimum absolute atomic E-state index is 0.526. The lowest BCUT2D eigenvalue weighted by Gasteiger charge is -2.28. The molecule has 2 aromatic rings. The fourth-order valence-corrected chi connectivity index (χ4v) is 2.75. The van der Waals surface area contributed by atoms with Gasteiger partial charge in [0.15, 0.2) is 17.7 Å². The summed E-state index contributed by atoms with van der Waals surface area (Å²) in [5.41, 5.74) is 1.56. The van der Waals surface area contributed by atoms with Crippen LogP contribution in [-0.4, -0.2) is 31.6 Å². The van der Waals surface area contributed by atoms with Crippen LogP contribution in [0, 0.1) is 0 Å². The molecule has 0 fully saturated rings. The molecule has 0 radical (unpaired) electrons. The van der Waals surface area contributed by atoms with E-state index in [0.29, 0.717) is 17.2 Å². The molecule has 6 heteroatoms. The summed E-state index contributed by atoms with van der Waals surface area (Å²) in [6, 6.07) is 11.1. The van der Waals surface area contributed by atoms with Crippen molar-refractivity contribution in [2.24, 2.45) is 4.99 Å². The smallest absolute Gasteiger partial charge is 0.171 e. The second kappa shape index (κ2) is 6.41. The molecular formula is C18H20N2O4. The minimum atomic E-state index is -0.526. The van der Waals surface area contributed by atoms with E-state index in [0.717, 1.165) is 27.0 Å². The van der Waals surface area contributed by atoms with E-state index in [4.69, 9.17) is 14.2 Å². The van der Waals surface area contributed by atoms with Gasteiger partial charge in [0.2, 0.25) is 0 Å². The van der Waals surface area contributed by atoms with Crippen LogP contribution in [0.15, 0.2) is 41.4 Å². The van der Waals surface area contributed by atoms with E-state index in [1.54, 1.807) is 21.3 Å². The van der Waals surface area contributed by atoms with Crippen LogP contribution in [-0.2, 0) is 0 Å². The molecule has 0 spiro atoms. The number of rotatable bonds is 4. The summed E-state index contributed by atoms with van der Waals surface area (Å²) >= 11 is 0. The fraction of sp³-hybridized carbons (Fsp3) is 0.278. The third-order valence-electron chi connectivity index (χ3n) is 4.14. The molecule has 126 valence electrons. The number of benzene rings is 2. The van der Waals surface area contributed by atoms with Gasteiger partial charge < -0.3 is 14.2 Å². The average Bonchev–Trinajstić information content (AvgIpc) is 2.63. The number of methoxy groups -OCH3 is 3. The summed E-state index contributed by atoms with van der Waals surface area (Å²) in [6.45, 7) is 1.84. The SMILES string of the molecule is COc1ccc(C2N=c3cc(OC)c(OC)cc3=C(C)N2O)cc1. The van der Waals surface area contributed by atoms with Gasteiger partial charge in [-0.15, -0.1) is 0 Å². The van der Waals surface area contributed by atoms with Crippen molar-refractivity contribution in [1.29, 1.82) is 0 Å². The first kappa shape index (κ1) is 16.1. The monoisotopic (exact) mass is 328 g/mol. The van der Waals surface area contributed by atoms with E-state index < -0.39 is 6.17 Å². The van der Waals surface area contributed by atoms with Crippen molar-refractivity contribution >= 4 is 5.70 Å². The van der Waals surface area contributed by atoms with E-state index in [2.05, 4.69) is 4.99 Å². The molecule has 6 nitrogen and oxygen atoms in total. The normalized spacial score (nSPS) is 16.3. The maximum atomic E-state index is 10.6. The van der Waals surface area contributed by atoms with E-state index in [1.165, 1.54) is 0 Å². The van der Waals surface area contributed by atoms with Crippen LogP contribution in [0.2, 0.25) is 0 Å². The predicted octanol–water partition coefficient (Wildman–Crippen LogP) is 1.86. The van der Waals surface area contributed by atoms with Gasteiger partial charge >= 0.3 is 0 Å². The Kier molecular flexibility index (Phi) is 4.31. The highest BCUT2D eigenvalue weighted by Crippen LogP contribution is 2.28. The van der Waals surface area contributed by atoms with Crippen LogP contribution in [0.1, 0.15) is 18.7 Å². The summed E-state index contributed by atoms with van der Waals surface area (Å²) in [5, 5.41) is 13.3. The highest BCUT2D eigenvalue weighted by molar-refractivity contribution is 5.48. The number of fused-ring (bicyclic) bond motifs is 1. The second-order valence-electron chi connectivity index (χ2n) is 5.43. The zero-order chi connectivity index (χ0) is 17.3. The molecule has 1 heterocycles. The first-order valence-corrected chi connectivity index (χ1v) is 7.52. The molecule has 1 atom stereocenters. The molecule has 0 amide bonds. The molecule has 3 rings (SSSR count). The zero-order valence-electron chi connectivity index (χ0n) is 14.1. The van der Waals surface area contributed by atoms with Crippen LogP contribution >= 0.6 is 0 Å². The van der Waals surface area contributed by atoms with Gasteiger partial charge in [0.1, 0.15) is 5.75 Å². The Hall–Kier alpha value is -2.73. The summed E-state index contributed by atoms with van der Waals surface area (Å²) in [6.07, 6.45) is -0.526. The van der Waals surface area contributed by atoms with E-state index in [-0.39, 0.29) is 0 Å². The lowest BCUT2D eigenvalue weighted by Crippen LogP contribution is -2.40. The average molecular weight is 328 g/mol. The van der Waals surface area contributed by atoms with E-state index >= 15 is 0 Å². The molecule has 1 aliphatic rings. The van der Waals surface area contributed by atoms with Crippen molar-refractivity contribution in [3.63, 3.8) is 0 Å². The number of hydrogen-bond acceptors (Lipinski definition) is 6. The lowest BCUT2D eigenvalue weighted by atomic mass is 10.1. The van der Waals surface area contributed by atoms with Crippen molar-refractivity contribution in [1.82, 2.24) is 5.06 Å². The van der Waals surface area contributed by atoms with Crippen molar-refractivity contribution in [2.75, 3.05) is 21.3 Å². The first-order valence-electron chi connectivity index (χ1n) is 7.52. The lowest BCUT2D eigenvalue weighted by molar-refractivity contribution is -0.0707. The van der Waals surface area contributed by atoms with E-state index in [9.17, 15) is 5.21 Å². The Bertz CT molecular complexity index is 862. The highest BCUT2D eigenvalue weighted by Gasteiger charge is 2.23. The van der Waals surface area contributed by atoms with Crippen LogP contribution in [0.3, 0.4) is 0 Å². The van der Waals surface area contributed by atoms with Crippen molar-refractivity contribution < 1.29 is 19.4 Å². The molecule has 1 aliphatic heterocycles. The van der Waals surface area contributed by atoms with Crippen LogP contribution in [0.4, 0.5) is 0 Å². The summed E-state index contributed by atoms with van der Waals surface area (Å²) < 4.78 is 15.9. The van der Waals surface area contributed by atoms with Gasteiger partial charge in [0.25, 0.3) is 0 Å². The van der Waals surface area contributed by atoms with Gasteiger partial charge in [0, 0.05) is 11.3 Å². The Labute approximate surface area is 140 Å². The maximum absolute atomic E-state index is 10.6. The number of ether oxygens (including phenoxy) is 3. The maximum Gasteiger partial charge on any atom is 0.171 e. The Morgan fingerprint density at radius 3 is 2.17 bits per heavy atom. The Balaban J connectivity index is 2.15. The summed E-state index contributed by atoms with van der Waals surface area (Å²) in [5.74, 6) is 1.96. The fourth-order valence-electron chi connectivity index (χ4n) is 2.75. The number of hydrogen-bond donors (Lipinski definition) is 1. The number of nitrogens with zero attached hydrogens (tertiary/aromatic N) is 2. The molecule has 1 unspecified atom stereocenters. The van der Waals surface area contributed by atoms with Gasteiger partial charge in [-0.05, 0) is 30.7 Å². The molecule has 0 aromatic heterocycles. The number of hydroxylamine groups is 2. The van der Waals surface area contributed by atoms with Crippen LogP contribution < -0.4 is 24.8 Å². The van der Waals surface area contributed by atoms with Gasteiger partial charge in [-0.25, -0.2) is 5.06 Å². The summed E-state index contributed by atoms with van der Waals surface area (Å²) in [4.78, 5) is 4.67. The Morgan fingerprint density at radius 1 is 0.958 bits per heavy atom.